The van der Waals surface area contributed by atoms with Crippen LogP contribution in [-0.4, -0.2) is 31.2 Å². The Kier molecular flexibility index (Phi) is 5.80. The second-order valence-corrected chi connectivity index (χ2v) is 9.39. The van der Waals surface area contributed by atoms with Gasteiger partial charge in [-0.1, -0.05) is 24.1 Å². The van der Waals surface area contributed by atoms with Gasteiger partial charge in [-0.25, -0.2) is 0 Å². The summed E-state index contributed by atoms with van der Waals surface area (Å²) in [6.07, 6.45) is -0.618. The molecule has 1 heterocycles. The number of likely N-dealkylation sites (tertiary alicyclic amines) is 1. The lowest BCUT2D eigenvalue weighted by Crippen LogP contribution is -2.48. The van der Waals surface area contributed by atoms with E-state index >= 15 is 0 Å². The minimum absolute atomic E-state index is 0.0253. The molecule has 32 heavy (non-hydrogen) atoms. The minimum atomic E-state index is -4.17. The molecule has 1 aromatic rings. The first-order chi connectivity index (χ1) is 15.1. The van der Waals surface area contributed by atoms with E-state index in [2.05, 4.69) is 6.92 Å². The van der Waals surface area contributed by atoms with Crippen LogP contribution in [0.4, 0.5) is 13.2 Å². The fraction of sp³-hybridized carbons (Fsp3) is 0.560. The smallest absolute Gasteiger partial charge is 0.392 e. The molecule has 0 saturated carbocycles. The number of alkyl halides is 3. The van der Waals surface area contributed by atoms with Crippen molar-refractivity contribution >= 4 is 5.91 Å². The fourth-order valence-electron chi connectivity index (χ4n) is 5.94. The Balaban J connectivity index is 1.70. The van der Waals surface area contributed by atoms with Gasteiger partial charge in [0.1, 0.15) is 11.5 Å². The summed E-state index contributed by atoms with van der Waals surface area (Å²) >= 11 is 0. The van der Waals surface area contributed by atoms with E-state index in [1.807, 2.05) is 30.0 Å². The molecule has 174 valence electrons. The van der Waals surface area contributed by atoms with Crippen LogP contribution in [0.3, 0.4) is 0 Å². The molecule has 2 aliphatic carbocycles. The third-order valence-corrected chi connectivity index (χ3v) is 7.44. The normalized spacial score (nSPS) is 28.2. The quantitative estimate of drug-likeness (QED) is 0.527. The zero-order valence-corrected chi connectivity index (χ0v) is 19.0. The SMILES string of the molecule is COc1ccc(CN2C(=O)CC[C@]3(C)C4=CC[C@@H](C(F)(F)F)CC4CC(C)=C23)c(OC)c1. The van der Waals surface area contributed by atoms with E-state index in [0.29, 0.717) is 37.3 Å². The average molecular weight is 450 g/mol. The first kappa shape index (κ1) is 22.7. The Labute approximate surface area is 187 Å². The maximum Gasteiger partial charge on any atom is 0.392 e. The van der Waals surface area contributed by atoms with E-state index in [4.69, 9.17) is 9.47 Å². The van der Waals surface area contributed by atoms with Crippen molar-refractivity contribution in [3.8, 4) is 11.5 Å². The van der Waals surface area contributed by atoms with Crippen LogP contribution in [0.5, 0.6) is 11.5 Å². The monoisotopic (exact) mass is 449 g/mol. The number of benzene rings is 1. The molecule has 4 rings (SSSR count). The van der Waals surface area contributed by atoms with Crippen molar-refractivity contribution in [1.82, 2.24) is 4.90 Å². The molecule has 0 bridgehead atoms. The Morgan fingerprint density at radius 3 is 2.62 bits per heavy atom. The molecule has 0 N–H and O–H groups in total. The zero-order valence-electron chi connectivity index (χ0n) is 19.0. The van der Waals surface area contributed by atoms with Crippen LogP contribution in [0.2, 0.25) is 0 Å². The number of methoxy groups -OCH3 is 2. The lowest BCUT2D eigenvalue weighted by atomic mass is 9.59. The molecular formula is C25H30F3NO3. The summed E-state index contributed by atoms with van der Waals surface area (Å²) in [5.41, 5.74) is 3.50. The van der Waals surface area contributed by atoms with Gasteiger partial charge in [-0.3, -0.25) is 4.79 Å². The van der Waals surface area contributed by atoms with Crippen molar-refractivity contribution in [2.45, 2.75) is 58.7 Å². The molecule has 1 fully saturated rings. The molecule has 1 saturated heterocycles. The summed E-state index contributed by atoms with van der Waals surface area (Å²) in [6, 6.07) is 5.53. The minimum Gasteiger partial charge on any atom is -0.497 e. The number of nitrogens with zero attached hydrogens (tertiary/aromatic N) is 1. The number of hydrogen-bond donors (Lipinski definition) is 0. The van der Waals surface area contributed by atoms with E-state index in [1.54, 1.807) is 20.3 Å². The van der Waals surface area contributed by atoms with Gasteiger partial charge in [0.25, 0.3) is 0 Å². The van der Waals surface area contributed by atoms with Crippen molar-refractivity contribution in [3.63, 3.8) is 0 Å². The van der Waals surface area contributed by atoms with Crippen LogP contribution >= 0.6 is 0 Å². The van der Waals surface area contributed by atoms with Gasteiger partial charge in [-0.05, 0) is 50.7 Å². The van der Waals surface area contributed by atoms with Crippen molar-refractivity contribution < 1.29 is 27.4 Å². The molecule has 1 aromatic carbocycles. The molecule has 3 aliphatic rings. The van der Waals surface area contributed by atoms with Gasteiger partial charge < -0.3 is 14.4 Å². The Hall–Kier alpha value is -2.44. The molecule has 0 radical (unpaired) electrons. The molecule has 0 aromatic heterocycles. The van der Waals surface area contributed by atoms with Gasteiger partial charge in [-0.15, -0.1) is 0 Å². The Morgan fingerprint density at radius 1 is 1.22 bits per heavy atom. The zero-order chi connectivity index (χ0) is 23.3. The second kappa shape index (κ2) is 8.16. The highest BCUT2D eigenvalue weighted by Gasteiger charge is 2.52. The average Bonchev–Trinajstić information content (AvgIpc) is 2.75. The second-order valence-electron chi connectivity index (χ2n) is 9.39. The molecule has 1 unspecified atom stereocenters. The highest BCUT2D eigenvalue weighted by Crippen LogP contribution is 2.58. The van der Waals surface area contributed by atoms with E-state index < -0.39 is 17.5 Å². The predicted molar refractivity (Wildman–Crippen MR) is 115 cm³/mol. The van der Waals surface area contributed by atoms with E-state index in [9.17, 15) is 18.0 Å². The summed E-state index contributed by atoms with van der Waals surface area (Å²) in [6.45, 7) is 4.43. The Bertz CT molecular complexity index is 981. The lowest BCUT2D eigenvalue weighted by molar-refractivity contribution is -0.179. The topological polar surface area (TPSA) is 38.8 Å². The third kappa shape index (κ3) is 3.80. The van der Waals surface area contributed by atoms with Crippen LogP contribution in [-0.2, 0) is 11.3 Å². The van der Waals surface area contributed by atoms with Gasteiger partial charge >= 0.3 is 6.18 Å². The van der Waals surface area contributed by atoms with Crippen LogP contribution < -0.4 is 9.47 Å². The number of rotatable bonds is 4. The predicted octanol–water partition coefficient (Wildman–Crippen LogP) is 6.03. The number of allylic oxidation sites excluding steroid dienone is 3. The highest BCUT2D eigenvalue weighted by atomic mass is 19.4. The maximum atomic E-state index is 13.4. The summed E-state index contributed by atoms with van der Waals surface area (Å²) in [5.74, 6) is -0.0457. The van der Waals surface area contributed by atoms with E-state index in [1.165, 1.54) is 0 Å². The lowest BCUT2D eigenvalue weighted by Gasteiger charge is -2.52. The molecule has 3 atom stereocenters. The number of halogens is 3. The number of ether oxygens (including phenoxy) is 2. The fourth-order valence-corrected chi connectivity index (χ4v) is 5.94. The van der Waals surface area contributed by atoms with Crippen LogP contribution in [0.1, 0.15) is 51.5 Å². The first-order valence-electron chi connectivity index (χ1n) is 11.1. The molecule has 4 nitrogen and oxygen atoms in total. The van der Waals surface area contributed by atoms with Gasteiger partial charge in [0.05, 0.1) is 26.7 Å². The molecule has 1 aliphatic heterocycles. The number of carbonyl (C=O) groups is 1. The van der Waals surface area contributed by atoms with Gasteiger partial charge in [-0.2, -0.15) is 13.2 Å². The van der Waals surface area contributed by atoms with Crippen LogP contribution in [0.25, 0.3) is 0 Å². The largest absolute Gasteiger partial charge is 0.497 e. The van der Waals surface area contributed by atoms with Crippen LogP contribution in [0, 0.1) is 17.3 Å². The number of carbonyl (C=O) groups excluding carboxylic acids is 1. The summed E-state index contributed by atoms with van der Waals surface area (Å²) < 4.78 is 51.0. The molecule has 1 amide bonds. The molecule has 0 spiro atoms. The van der Waals surface area contributed by atoms with E-state index in [0.717, 1.165) is 22.4 Å². The molecule has 7 heteroatoms. The summed E-state index contributed by atoms with van der Waals surface area (Å²) in [7, 11) is 3.17. The van der Waals surface area contributed by atoms with Crippen molar-refractivity contribution in [3.05, 3.63) is 46.7 Å². The van der Waals surface area contributed by atoms with Crippen molar-refractivity contribution in [2.75, 3.05) is 14.2 Å². The third-order valence-electron chi connectivity index (χ3n) is 7.44. The standard InChI is InChI=1S/C25H30F3NO3/c1-15-11-17-12-18(25(26,27)28)6-8-20(17)24(2)10-9-22(30)29(23(15)24)14-16-5-7-19(31-3)13-21(16)32-4/h5,7-8,13,17-18H,6,9-12,14H2,1-4H3/t17?,18-,24-/m1/s1. The molecular weight excluding hydrogens is 419 g/mol. The number of fused-ring (bicyclic) bond motifs is 3. The number of piperidine rings is 1. The van der Waals surface area contributed by atoms with Gasteiger partial charge in [0.15, 0.2) is 0 Å². The maximum absolute atomic E-state index is 13.4. The summed E-state index contributed by atoms with van der Waals surface area (Å²) in [5, 5.41) is 0. The highest BCUT2D eigenvalue weighted by molar-refractivity contribution is 5.81. The summed E-state index contributed by atoms with van der Waals surface area (Å²) in [4.78, 5) is 14.9. The van der Waals surface area contributed by atoms with E-state index in [-0.39, 0.29) is 24.7 Å². The van der Waals surface area contributed by atoms with Gasteiger partial charge in [0.2, 0.25) is 5.91 Å². The van der Waals surface area contributed by atoms with Gasteiger partial charge in [0, 0.05) is 29.2 Å². The first-order valence-corrected chi connectivity index (χ1v) is 11.1. The van der Waals surface area contributed by atoms with Crippen molar-refractivity contribution in [1.29, 1.82) is 0 Å². The van der Waals surface area contributed by atoms with Crippen molar-refractivity contribution in [2.24, 2.45) is 17.3 Å². The number of amides is 1. The Morgan fingerprint density at radius 2 is 1.97 bits per heavy atom. The van der Waals surface area contributed by atoms with Crippen LogP contribution in [0.15, 0.2) is 41.1 Å². The number of hydrogen-bond acceptors (Lipinski definition) is 3.